The Balaban J connectivity index is 1.69. The second-order valence-corrected chi connectivity index (χ2v) is 10.4. The molecule has 42 heavy (non-hydrogen) atoms. The molecule has 8 nitrogen and oxygen atoms in total. The molecule has 0 bridgehead atoms. The fourth-order valence-corrected chi connectivity index (χ4v) is 5.37. The van der Waals surface area contributed by atoms with Crippen LogP contribution in [0.2, 0.25) is 5.02 Å². The van der Waals surface area contributed by atoms with Crippen molar-refractivity contribution in [1.29, 1.82) is 5.26 Å². The van der Waals surface area contributed by atoms with Gasteiger partial charge < -0.3 is 19.3 Å². The van der Waals surface area contributed by atoms with Crippen LogP contribution in [-0.2, 0) is 16.1 Å². The summed E-state index contributed by atoms with van der Waals surface area (Å²) in [5.41, 5.74) is 2.64. The van der Waals surface area contributed by atoms with E-state index in [1.807, 2.05) is 19.1 Å². The van der Waals surface area contributed by atoms with Gasteiger partial charge in [0.15, 0.2) is 11.5 Å². The van der Waals surface area contributed by atoms with Crippen LogP contribution in [0.25, 0.3) is 6.08 Å². The first kappa shape index (κ1) is 30.4. The van der Waals surface area contributed by atoms with Gasteiger partial charge in [0, 0.05) is 11.1 Å². The molecule has 3 aromatic rings. The molecule has 4 rings (SSSR count). The van der Waals surface area contributed by atoms with Gasteiger partial charge in [-0.1, -0.05) is 59.8 Å². The molecule has 10 heteroatoms. The predicted molar refractivity (Wildman–Crippen MR) is 163 cm³/mol. The fraction of sp³-hybridized carbons (Fsp3) is 0.188. The molecule has 3 aromatic carbocycles. The number of ether oxygens (including phenoxy) is 3. The van der Waals surface area contributed by atoms with E-state index >= 15 is 0 Å². The van der Waals surface area contributed by atoms with Gasteiger partial charge in [-0.3, -0.25) is 4.79 Å². The van der Waals surface area contributed by atoms with Crippen molar-refractivity contribution in [2.45, 2.75) is 27.4 Å². The average Bonchev–Trinajstić information content (AvgIpc) is 3.27. The Morgan fingerprint density at radius 2 is 1.81 bits per heavy atom. The van der Waals surface area contributed by atoms with E-state index in [0.29, 0.717) is 40.4 Å². The largest absolute Gasteiger partial charge is 0.506 e. The number of benzene rings is 3. The molecule has 1 heterocycles. The number of carbonyl (C=O) groups excluding carboxylic acids is 2. The molecule has 0 spiro atoms. The molecule has 0 radical (unpaired) electrons. The maximum atomic E-state index is 13.0. The van der Waals surface area contributed by atoms with Crippen LogP contribution in [0.1, 0.15) is 46.5 Å². The molecule has 0 saturated heterocycles. The Morgan fingerprint density at radius 1 is 1.07 bits per heavy atom. The highest BCUT2D eigenvalue weighted by Crippen LogP contribution is 2.42. The van der Waals surface area contributed by atoms with Gasteiger partial charge in [0.25, 0.3) is 5.91 Å². The van der Waals surface area contributed by atoms with Crippen LogP contribution in [0.3, 0.4) is 0 Å². The van der Waals surface area contributed by atoms with E-state index in [-0.39, 0.29) is 39.5 Å². The number of thioether (sulfide) groups is 1. The summed E-state index contributed by atoms with van der Waals surface area (Å²) in [6.45, 7) is 5.74. The minimum atomic E-state index is -0.795. The second-order valence-electron chi connectivity index (χ2n) is 8.91. The van der Waals surface area contributed by atoms with Crippen molar-refractivity contribution < 1.29 is 28.9 Å². The Labute approximate surface area is 252 Å². The number of aliphatic hydroxyl groups excluding tert-OH is 1. The molecule has 1 aliphatic rings. The maximum Gasteiger partial charge on any atom is 0.344 e. The highest BCUT2D eigenvalue weighted by atomic mass is 35.5. The maximum absolute atomic E-state index is 13.0. The molecule has 1 aliphatic heterocycles. The fourth-order valence-electron chi connectivity index (χ4n) is 4.09. The van der Waals surface area contributed by atoms with Crippen LogP contribution >= 0.6 is 23.4 Å². The Morgan fingerprint density at radius 3 is 2.52 bits per heavy atom. The molecule has 0 aromatic heterocycles. The summed E-state index contributed by atoms with van der Waals surface area (Å²) in [7, 11) is 0. The van der Waals surface area contributed by atoms with E-state index in [1.54, 1.807) is 68.5 Å². The van der Waals surface area contributed by atoms with Gasteiger partial charge in [-0.2, -0.15) is 5.26 Å². The summed E-state index contributed by atoms with van der Waals surface area (Å²) in [5, 5.41) is 20.7. The van der Waals surface area contributed by atoms with E-state index in [1.165, 1.54) is 0 Å². The summed E-state index contributed by atoms with van der Waals surface area (Å²) >= 11 is 7.57. The third-order valence-electron chi connectivity index (χ3n) is 6.09. The first-order valence-corrected chi connectivity index (χ1v) is 14.2. The molecule has 1 amide bonds. The minimum absolute atomic E-state index is 0.0256. The number of aliphatic hydroxyl groups is 1. The van der Waals surface area contributed by atoms with Gasteiger partial charge in [0.05, 0.1) is 34.8 Å². The van der Waals surface area contributed by atoms with Crippen LogP contribution in [0, 0.1) is 18.3 Å². The van der Waals surface area contributed by atoms with Crippen LogP contribution in [0.15, 0.2) is 81.9 Å². The number of esters is 1. The average molecular weight is 603 g/mol. The number of rotatable bonds is 9. The van der Waals surface area contributed by atoms with E-state index in [2.05, 4.69) is 11.1 Å². The Hall–Kier alpha value is -4.52. The van der Waals surface area contributed by atoms with Crippen molar-refractivity contribution in [1.82, 2.24) is 0 Å². The van der Waals surface area contributed by atoms with Gasteiger partial charge in [-0.05, 0) is 62.2 Å². The summed E-state index contributed by atoms with van der Waals surface area (Å²) in [5.74, 6) is -1.06. The van der Waals surface area contributed by atoms with Crippen molar-refractivity contribution >= 4 is 46.4 Å². The zero-order chi connectivity index (χ0) is 30.2. The molecule has 0 unspecified atom stereocenters. The SMILES string of the molecule is CCOC(=O)C1=C(O)/C(=C/c2cc(Cl)c(OCc3ccccc3C#N)c(OCC)c2)SC1=NC(=O)c1ccccc1C. The molecular formula is C32H27ClN2O6S. The van der Waals surface area contributed by atoms with E-state index in [9.17, 15) is 20.0 Å². The summed E-state index contributed by atoms with van der Waals surface area (Å²) in [4.78, 5) is 30.2. The number of amides is 1. The number of nitriles is 1. The van der Waals surface area contributed by atoms with Crippen LogP contribution in [0.4, 0.5) is 0 Å². The number of halogens is 1. The predicted octanol–water partition coefficient (Wildman–Crippen LogP) is 7.20. The smallest absolute Gasteiger partial charge is 0.344 e. The summed E-state index contributed by atoms with van der Waals surface area (Å²) < 4.78 is 16.9. The third-order valence-corrected chi connectivity index (χ3v) is 7.39. The van der Waals surface area contributed by atoms with Gasteiger partial charge in [0.2, 0.25) is 0 Å². The summed E-state index contributed by atoms with van der Waals surface area (Å²) in [6.07, 6.45) is 1.60. The van der Waals surface area contributed by atoms with E-state index < -0.39 is 11.9 Å². The molecule has 0 saturated carbocycles. The number of nitrogens with zero attached hydrogens (tertiary/aromatic N) is 2. The first-order chi connectivity index (χ1) is 20.3. The highest BCUT2D eigenvalue weighted by molar-refractivity contribution is 8.18. The zero-order valence-corrected chi connectivity index (χ0v) is 24.7. The minimum Gasteiger partial charge on any atom is -0.506 e. The number of hydrogen-bond acceptors (Lipinski definition) is 8. The Bertz CT molecular complexity index is 1670. The summed E-state index contributed by atoms with van der Waals surface area (Å²) in [6, 6.07) is 19.5. The number of aliphatic imine (C=N–C) groups is 1. The topological polar surface area (TPSA) is 118 Å². The lowest BCUT2D eigenvalue weighted by atomic mass is 10.1. The molecule has 0 aliphatic carbocycles. The van der Waals surface area contributed by atoms with Crippen LogP contribution in [0.5, 0.6) is 11.5 Å². The van der Waals surface area contributed by atoms with Crippen molar-refractivity contribution in [3.63, 3.8) is 0 Å². The molecule has 1 N–H and O–H groups in total. The highest BCUT2D eigenvalue weighted by Gasteiger charge is 2.34. The van der Waals surface area contributed by atoms with Crippen molar-refractivity contribution in [2.24, 2.45) is 4.99 Å². The van der Waals surface area contributed by atoms with Gasteiger partial charge in [0.1, 0.15) is 23.0 Å². The van der Waals surface area contributed by atoms with Crippen LogP contribution in [-0.4, -0.2) is 35.2 Å². The van der Waals surface area contributed by atoms with Crippen molar-refractivity contribution in [3.8, 4) is 17.6 Å². The quantitative estimate of drug-likeness (QED) is 0.255. The molecule has 0 fully saturated rings. The number of hydrogen-bond donors (Lipinski definition) is 1. The first-order valence-electron chi connectivity index (χ1n) is 13.0. The molecular weight excluding hydrogens is 576 g/mol. The van der Waals surface area contributed by atoms with E-state index in [4.69, 9.17) is 25.8 Å². The lowest BCUT2D eigenvalue weighted by Gasteiger charge is -2.15. The molecule has 0 atom stereocenters. The number of aryl methyl sites for hydroxylation is 1. The lowest BCUT2D eigenvalue weighted by Crippen LogP contribution is -2.14. The van der Waals surface area contributed by atoms with Gasteiger partial charge in [-0.25, -0.2) is 9.79 Å². The van der Waals surface area contributed by atoms with Gasteiger partial charge in [-0.15, -0.1) is 0 Å². The molecule has 214 valence electrons. The Kier molecular flexibility index (Phi) is 10.1. The van der Waals surface area contributed by atoms with Crippen LogP contribution < -0.4 is 9.47 Å². The number of carbonyl (C=O) groups is 2. The normalized spacial score (nSPS) is 14.6. The third kappa shape index (κ3) is 6.85. The van der Waals surface area contributed by atoms with Crippen molar-refractivity contribution in [3.05, 3.63) is 110 Å². The van der Waals surface area contributed by atoms with Crippen molar-refractivity contribution in [2.75, 3.05) is 13.2 Å². The van der Waals surface area contributed by atoms with E-state index in [0.717, 1.165) is 17.3 Å². The lowest BCUT2D eigenvalue weighted by molar-refractivity contribution is -0.138. The second kappa shape index (κ2) is 13.9. The standard InChI is InChI=1S/C32H27ClN2O6S/c1-4-39-25-15-20(14-24(33)29(25)41-18-22-12-8-7-11-21(22)17-34)16-26-28(36)27(32(38)40-5-2)31(42-26)35-30(37)23-13-9-6-10-19(23)3/h6-16,36H,4-5,18H2,1-3H3/b26-16-,35-31?. The zero-order valence-electron chi connectivity index (χ0n) is 23.1. The van der Waals surface area contributed by atoms with Gasteiger partial charge >= 0.3 is 5.97 Å². The monoisotopic (exact) mass is 602 g/mol.